The molecule has 0 aliphatic heterocycles. The van der Waals surface area contributed by atoms with Crippen molar-refractivity contribution in [3.8, 4) is 0 Å². The van der Waals surface area contributed by atoms with Crippen LogP contribution in [-0.4, -0.2) is 48.3 Å². The summed E-state index contributed by atoms with van der Waals surface area (Å²) in [5.74, 6) is 0.948. The Morgan fingerprint density at radius 3 is 2.63 bits per heavy atom. The SMILES string of the molecule is Cc1cc(C)c2[nH]c(=O)c(CN(CCCO)C3(c4nnnn4C4CCCCC4)CCCC3)cc2c1. The zero-order valence-electron chi connectivity index (χ0n) is 21.1. The number of benzene rings is 1. The van der Waals surface area contributed by atoms with Gasteiger partial charge in [0.2, 0.25) is 0 Å². The number of aryl methyl sites for hydroxylation is 2. The molecule has 3 aromatic rings. The van der Waals surface area contributed by atoms with Crippen LogP contribution in [0.4, 0.5) is 0 Å². The van der Waals surface area contributed by atoms with Gasteiger partial charge in [-0.2, -0.15) is 0 Å². The van der Waals surface area contributed by atoms with Crippen LogP contribution in [0, 0.1) is 13.8 Å². The van der Waals surface area contributed by atoms with Crippen LogP contribution in [0.3, 0.4) is 0 Å². The van der Waals surface area contributed by atoms with Crippen molar-refractivity contribution >= 4 is 10.9 Å². The maximum atomic E-state index is 13.2. The number of pyridine rings is 1. The molecule has 5 rings (SSSR count). The third-order valence-corrected chi connectivity index (χ3v) is 8.18. The fraction of sp³-hybridized carbons (Fsp3) is 0.630. The van der Waals surface area contributed by atoms with E-state index in [0.717, 1.165) is 66.4 Å². The van der Waals surface area contributed by atoms with E-state index in [1.165, 1.54) is 24.8 Å². The number of aromatic nitrogens is 5. The molecule has 2 aromatic heterocycles. The van der Waals surface area contributed by atoms with Gasteiger partial charge in [0.15, 0.2) is 5.82 Å². The molecule has 2 N–H and O–H groups in total. The van der Waals surface area contributed by atoms with E-state index in [4.69, 9.17) is 0 Å². The molecular weight excluding hydrogens is 440 g/mol. The number of hydrogen-bond acceptors (Lipinski definition) is 6. The Kier molecular flexibility index (Phi) is 7.02. The molecule has 0 saturated heterocycles. The van der Waals surface area contributed by atoms with Gasteiger partial charge in [0, 0.05) is 25.3 Å². The molecule has 0 unspecified atom stereocenters. The van der Waals surface area contributed by atoms with Gasteiger partial charge in [0.05, 0.1) is 17.1 Å². The van der Waals surface area contributed by atoms with Crippen LogP contribution in [0.15, 0.2) is 23.0 Å². The Morgan fingerprint density at radius 2 is 1.89 bits per heavy atom. The average molecular weight is 479 g/mol. The van der Waals surface area contributed by atoms with Gasteiger partial charge in [-0.1, -0.05) is 43.7 Å². The lowest BCUT2D eigenvalue weighted by atomic mass is 9.90. The Morgan fingerprint density at radius 1 is 1.11 bits per heavy atom. The van der Waals surface area contributed by atoms with Crippen molar-refractivity contribution in [2.24, 2.45) is 0 Å². The first-order valence-corrected chi connectivity index (χ1v) is 13.3. The molecule has 8 nitrogen and oxygen atoms in total. The maximum absolute atomic E-state index is 13.2. The van der Waals surface area contributed by atoms with E-state index in [9.17, 15) is 9.90 Å². The predicted octanol–water partition coefficient (Wildman–Crippen LogP) is 4.29. The van der Waals surface area contributed by atoms with Crippen molar-refractivity contribution in [2.45, 2.75) is 96.2 Å². The number of rotatable bonds is 8. The normalized spacial score (nSPS) is 18.6. The van der Waals surface area contributed by atoms with Crippen molar-refractivity contribution in [2.75, 3.05) is 13.2 Å². The van der Waals surface area contributed by atoms with Gasteiger partial charge in [-0.25, -0.2) is 4.68 Å². The van der Waals surface area contributed by atoms with Crippen LogP contribution in [0.25, 0.3) is 10.9 Å². The van der Waals surface area contributed by atoms with Crippen LogP contribution in [-0.2, 0) is 12.1 Å². The number of aliphatic hydroxyl groups is 1. The first-order valence-electron chi connectivity index (χ1n) is 13.3. The van der Waals surface area contributed by atoms with Crippen LogP contribution in [0.5, 0.6) is 0 Å². The molecule has 2 aliphatic rings. The number of nitrogens with zero attached hydrogens (tertiary/aromatic N) is 5. The Labute approximate surface area is 206 Å². The second-order valence-corrected chi connectivity index (χ2v) is 10.6. The molecule has 188 valence electrons. The molecule has 2 saturated carbocycles. The van der Waals surface area contributed by atoms with Gasteiger partial charge < -0.3 is 10.1 Å². The highest BCUT2D eigenvalue weighted by molar-refractivity contribution is 5.82. The lowest BCUT2D eigenvalue weighted by molar-refractivity contribution is 0.0577. The molecule has 0 radical (unpaired) electrons. The third-order valence-electron chi connectivity index (χ3n) is 8.18. The van der Waals surface area contributed by atoms with Gasteiger partial charge in [-0.15, -0.1) is 5.10 Å². The molecule has 0 amide bonds. The topological polar surface area (TPSA) is 99.9 Å². The minimum atomic E-state index is -0.319. The third kappa shape index (κ3) is 4.66. The van der Waals surface area contributed by atoms with Crippen LogP contribution < -0.4 is 5.56 Å². The number of tetrazole rings is 1. The molecule has 0 bridgehead atoms. The maximum Gasteiger partial charge on any atom is 0.252 e. The highest BCUT2D eigenvalue weighted by Gasteiger charge is 2.46. The molecule has 2 heterocycles. The quantitative estimate of drug-likeness (QED) is 0.501. The smallest absolute Gasteiger partial charge is 0.252 e. The molecule has 2 fully saturated rings. The van der Waals surface area contributed by atoms with Gasteiger partial charge in [-0.05, 0) is 79.5 Å². The Hall–Kier alpha value is -2.58. The summed E-state index contributed by atoms with van der Waals surface area (Å²) in [5, 5.41) is 24.0. The molecule has 0 spiro atoms. The molecule has 35 heavy (non-hydrogen) atoms. The van der Waals surface area contributed by atoms with Gasteiger partial charge in [-0.3, -0.25) is 9.69 Å². The summed E-state index contributed by atoms with van der Waals surface area (Å²) in [6.07, 6.45) is 10.8. The lowest BCUT2D eigenvalue weighted by Crippen LogP contribution is -2.47. The van der Waals surface area contributed by atoms with E-state index >= 15 is 0 Å². The number of nitrogens with one attached hydrogen (secondary N) is 1. The van der Waals surface area contributed by atoms with Crippen molar-refractivity contribution < 1.29 is 5.11 Å². The van der Waals surface area contributed by atoms with Crippen LogP contribution in [0.1, 0.15) is 92.8 Å². The van der Waals surface area contributed by atoms with Crippen molar-refractivity contribution in [3.05, 3.63) is 51.1 Å². The first-order chi connectivity index (χ1) is 17.0. The largest absolute Gasteiger partial charge is 0.396 e. The van der Waals surface area contributed by atoms with E-state index in [-0.39, 0.29) is 17.7 Å². The Balaban J connectivity index is 1.55. The zero-order valence-corrected chi connectivity index (χ0v) is 21.1. The van der Waals surface area contributed by atoms with Crippen LogP contribution in [0.2, 0.25) is 0 Å². The van der Waals surface area contributed by atoms with Crippen molar-refractivity contribution in [3.63, 3.8) is 0 Å². The Bertz CT molecular complexity index is 1220. The molecule has 1 aromatic carbocycles. The number of hydrogen-bond donors (Lipinski definition) is 2. The van der Waals surface area contributed by atoms with E-state index in [1.54, 1.807) is 0 Å². The zero-order chi connectivity index (χ0) is 24.4. The molecule has 2 aliphatic carbocycles. The van der Waals surface area contributed by atoms with E-state index < -0.39 is 0 Å². The molecular formula is C27H38N6O2. The highest BCUT2D eigenvalue weighted by atomic mass is 16.3. The van der Waals surface area contributed by atoms with E-state index in [2.05, 4.69) is 49.1 Å². The standard InChI is InChI=1S/C27H38N6O2/c1-19-15-20(2)24-21(16-19)17-22(25(35)28-24)18-32(13-8-14-34)27(11-6-7-12-27)26-29-30-31-33(26)23-9-4-3-5-10-23/h15-17,23,34H,3-14,18H2,1-2H3,(H,28,35). The lowest BCUT2D eigenvalue weighted by Gasteiger charge is -2.41. The molecule has 8 heteroatoms. The van der Waals surface area contributed by atoms with E-state index in [0.29, 0.717) is 25.6 Å². The summed E-state index contributed by atoms with van der Waals surface area (Å²) >= 11 is 0. The van der Waals surface area contributed by atoms with Crippen LogP contribution >= 0.6 is 0 Å². The monoisotopic (exact) mass is 478 g/mol. The second-order valence-electron chi connectivity index (χ2n) is 10.6. The van der Waals surface area contributed by atoms with Gasteiger partial charge >= 0.3 is 0 Å². The van der Waals surface area contributed by atoms with E-state index in [1.807, 2.05) is 13.0 Å². The summed E-state index contributed by atoms with van der Waals surface area (Å²) < 4.78 is 2.10. The first kappa shape index (κ1) is 24.1. The highest BCUT2D eigenvalue weighted by Crippen LogP contribution is 2.45. The minimum absolute atomic E-state index is 0.0431. The van der Waals surface area contributed by atoms with Crippen molar-refractivity contribution in [1.82, 2.24) is 30.1 Å². The van der Waals surface area contributed by atoms with Gasteiger partial charge in [0.25, 0.3) is 5.56 Å². The predicted molar refractivity (Wildman–Crippen MR) is 136 cm³/mol. The molecule has 0 atom stereocenters. The fourth-order valence-electron chi connectivity index (χ4n) is 6.47. The summed E-state index contributed by atoms with van der Waals surface area (Å²) in [4.78, 5) is 18.8. The number of fused-ring (bicyclic) bond motifs is 1. The van der Waals surface area contributed by atoms with Gasteiger partial charge in [0.1, 0.15) is 0 Å². The van der Waals surface area contributed by atoms with Crippen molar-refractivity contribution in [1.29, 1.82) is 0 Å². The minimum Gasteiger partial charge on any atom is -0.396 e. The summed E-state index contributed by atoms with van der Waals surface area (Å²) in [6, 6.07) is 6.63. The fourth-order valence-corrected chi connectivity index (χ4v) is 6.47. The summed E-state index contributed by atoms with van der Waals surface area (Å²) in [7, 11) is 0. The summed E-state index contributed by atoms with van der Waals surface area (Å²) in [6.45, 7) is 5.45. The number of aliphatic hydroxyl groups excluding tert-OH is 1. The average Bonchev–Trinajstić information content (AvgIpc) is 3.54. The number of H-pyrrole nitrogens is 1. The summed E-state index contributed by atoms with van der Waals surface area (Å²) in [5.41, 5.74) is 3.56. The number of aromatic amines is 1. The second kappa shape index (κ2) is 10.2.